The fraction of sp³-hybridized carbons (Fsp3) is 0.0588. The van der Waals surface area contributed by atoms with Crippen LogP contribution in [0.3, 0.4) is 0 Å². The van der Waals surface area contributed by atoms with Crippen molar-refractivity contribution in [1.29, 1.82) is 0 Å². The first-order chi connectivity index (χ1) is 11.3. The molecule has 3 aromatic carbocycles. The maximum atomic E-state index is 12.5. The average Bonchev–Trinajstić information content (AvgIpc) is 2.53. The molecule has 0 heterocycles. The lowest BCUT2D eigenvalue weighted by Crippen LogP contribution is -2.14. The summed E-state index contributed by atoms with van der Waals surface area (Å²) in [7, 11) is -8.93. The maximum Gasteiger partial charge on any atom is 0.312 e. The molecule has 0 saturated carbocycles. The maximum absolute atomic E-state index is 12.5. The largest absolute Gasteiger partial charge is 0.312 e. The van der Waals surface area contributed by atoms with Crippen LogP contribution in [0.15, 0.2) is 76.5 Å². The Morgan fingerprint density at radius 1 is 0.708 bits per heavy atom. The van der Waals surface area contributed by atoms with Gasteiger partial charge in [0, 0.05) is 5.39 Å². The molecule has 0 bridgehead atoms. The van der Waals surface area contributed by atoms with E-state index in [1.54, 1.807) is 49.4 Å². The summed E-state index contributed by atoms with van der Waals surface area (Å²) < 4.78 is 54.1. The average molecular weight is 362 g/mol. The van der Waals surface area contributed by atoms with Crippen LogP contribution >= 0.6 is 0 Å². The third-order valence-corrected chi connectivity index (χ3v) is 6.69. The molecule has 124 valence electrons. The van der Waals surface area contributed by atoms with Gasteiger partial charge in [0.05, 0.1) is 4.90 Å². The highest BCUT2D eigenvalue weighted by Gasteiger charge is 2.28. The number of rotatable bonds is 4. The smallest absolute Gasteiger partial charge is 0.193 e. The Balaban J connectivity index is 2.06. The first-order valence-corrected chi connectivity index (χ1v) is 9.87. The molecule has 0 N–H and O–H groups in total. The van der Waals surface area contributed by atoms with Gasteiger partial charge in [0.15, 0.2) is 0 Å². The molecule has 5 nitrogen and oxygen atoms in total. The molecular weight excluding hydrogens is 348 g/mol. The standard InChI is InChI=1S/C17H14O5S2/c1-13-9-11-15(12-10-13)23(18,19)22-24(20,21)17-8-4-6-14-5-2-3-7-16(14)17/h2-12H,1H3. The predicted octanol–water partition coefficient (Wildman–Crippen LogP) is 3.24. The van der Waals surface area contributed by atoms with Gasteiger partial charge in [-0.2, -0.15) is 16.8 Å². The van der Waals surface area contributed by atoms with Gasteiger partial charge in [0.25, 0.3) is 0 Å². The molecule has 24 heavy (non-hydrogen) atoms. The number of fused-ring (bicyclic) bond motifs is 1. The molecule has 0 aliphatic heterocycles. The van der Waals surface area contributed by atoms with Crippen LogP contribution in [0.5, 0.6) is 0 Å². The number of hydrogen-bond acceptors (Lipinski definition) is 5. The molecule has 0 saturated heterocycles. The van der Waals surface area contributed by atoms with Crippen molar-refractivity contribution in [2.75, 3.05) is 0 Å². The summed E-state index contributed by atoms with van der Waals surface area (Å²) in [4.78, 5) is -0.395. The molecule has 0 fully saturated rings. The second kappa shape index (κ2) is 6.01. The first-order valence-electron chi connectivity index (χ1n) is 7.05. The van der Waals surface area contributed by atoms with Crippen LogP contribution in [-0.2, 0) is 23.9 Å². The van der Waals surface area contributed by atoms with E-state index in [0.29, 0.717) is 10.8 Å². The van der Waals surface area contributed by atoms with Crippen molar-refractivity contribution in [2.24, 2.45) is 0 Å². The van der Waals surface area contributed by atoms with Crippen molar-refractivity contribution in [2.45, 2.75) is 16.7 Å². The van der Waals surface area contributed by atoms with Crippen LogP contribution in [-0.4, -0.2) is 16.8 Å². The summed E-state index contributed by atoms with van der Waals surface area (Å²) in [6, 6.07) is 17.1. The molecule has 3 aromatic rings. The molecule has 0 amide bonds. The van der Waals surface area contributed by atoms with Crippen LogP contribution in [0, 0.1) is 6.92 Å². The van der Waals surface area contributed by atoms with Crippen molar-refractivity contribution in [1.82, 2.24) is 0 Å². The lowest BCUT2D eigenvalue weighted by molar-refractivity contribution is 0.462. The SMILES string of the molecule is Cc1ccc(S(=O)(=O)OS(=O)(=O)c2cccc3ccccc23)cc1. The number of benzene rings is 3. The van der Waals surface area contributed by atoms with E-state index in [0.717, 1.165) is 5.56 Å². The fourth-order valence-corrected chi connectivity index (χ4v) is 5.03. The molecule has 3 rings (SSSR count). The zero-order valence-electron chi connectivity index (χ0n) is 12.7. The van der Waals surface area contributed by atoms with Crippen molar-refractivity contribution >= 4 is 31.0 Å². The number of hydrogen-bond donors (Lipinski definition) is 0. The van der Waals surface area contributed by atoms with Gasteiger partial charge in [0.1, 0.15) is 4.90 Å². The summed E-state index contributed by atoms with van der Waals surface area (Å²) in [6.07, 6.45) is 0. The lowest BCUT2D eigenvalue weighted by Gasteiger charge is -2.09. The van der Waals surface area contributed by atoms with Gasteiger partial charge in [-0.15, -0.1) is 3.63 Å². The van der Waals surface area contributed by atoms with E-state index < -0.39 is 20.2 Å². The third-order valence-electron chi connectivity index (χ3n) is 3.51. The summed E-state index contributed by atoms with van der Waals surface area (Å²) in [6.45, 7) is 1.80. The highest BCUT2D eigenvalue weighted by molar-refractivity contribution is 8.00. The zero-order chi connectivity index (χ0) is 17.4. The monoisotopic (exact) mass is 362 g/mol. The Labute approximate surface area is 140 Å². The van der Waals surface area contributed by atoms with Crippen LogP contribution in [0.1, 0.15) is 5.56 Å². The Morgan fingerprint density at radius 3 is 2.04 bits per heavy atom. The van der Waals surface area contributed by atoms with E-state index in [-0.39, 0.29) is 9.79 Å². The zero-order valence-corrected chi connectivity index (χ0v) is 14.3. The van der Waals surface area contributed by atoms with Gasteiger partial charge in [-0.1, -0.05) is 54.1 Å². The molecule has 0 unspecified atom stereocenters. The molecule has 0 radical (unpaired) electrons. The van der Waals surface area contributed by atoms with Crippen molar-refractivity contribution in [3.63, 3.8) is 0 Å². The van der Waals surface area contributed by atoms with Gasteiger partial charge in [-0.05, 0) is 30.5 Å². The molecule has 7 heteroatoms. The third kappa shape index (κ3) is 3.19. The van der Waals surface area contributed by atoms with E-state index in [1.165, 1.54) is 24.3 Å². The van der Waals surface area contributed by atoms with Crippen molar-refractivity contribution in [3.8, 4) is 0 Å². The molecule has 0 atom stereocenters. The fourth-order valence-electron chi connectivity index (χ4n) is 2.31. The molecule has 0 aliphatic rings. The van der Waals surface area contributed by atoms with Gasteiger partial charge < -0.3 is 0 Å². The topological polar surface area (TPSA) is 77.5 Å². The molecule has 0 aromatic heterocycles. The minimum Gasteiger partial charge on any atom is -0.193 e. The van der Waals surface area contributed by atoms with E-state index in [9.17, 15) is 16.8 Å². The Kier molecular flexibility index (Phi) is 4.16. The molecule has 0 spiro atoms. The van der Waals surface area contributed by atoms with Gasteiger partial charge in [0.2, 0.25) is 0 Å². The summed E-state index contributed by atoms with van der Waals surface area (Å²) in [5, 5.41) is 1.08. The Morgan fingerprint density at radius 2 is 1.33 bits per heavy atom. The van der Waals surface area contributed by atoms with Crippen LogP contribution < -0.4 is 0 Å². The lowest BCUT2D eigenvalue weighted by atomic mass is 10.1. The second-order valence-corrected chi connectivity index (χ2v) is 8.54. The highest BCUT2D eigenvalue weighted by Crippen LogP contribution is 2.27. The summed E-state index contributed by atoms with van der Waals surface area (Å²) in [5.41, 5.74) is 0.853. The van der Waals surface area contributed by atoms with Crippen LogP contribution in [0.4, 0.5) is 0 Å². The summed E-state index contributed by atoms with van der Waals surface area (Å²) >= 11 is 0. The van der Waals surface area contributed by atoms with Crippen molar-refractivity contribution < 1.29 is 20.5 Å². The van der Waals surface area contributed by atoms with Gasteiger partial charge >= 0.3 is 20.2 Å². The number of aryl methyl sites for hydroxylation is 1. The van der Waals surface area contributed by atoms with Crippen LogP contribution in [0.2, 0.25) is 0 Å². The summed E-state index contributed by atoms with van der Waals surface area (Å²) in [5.74, 6) is 0. The predicted molar refractivity (Wildman–Crippen MR) is 90.6 cm³/mol. The minimum atomic E-state index is -4.49. The van der Waals surface area contributed by atoms with Crippen molar-refractivity contribution in [3.05, 3.63) is 72.3 Å². The van der Waals surface area contributed by atoms with Crippen LogP contribution in [0.25, 0.3) is 10.8 Å². The van der Waals surface area contributed by atoms with E-state index >= 15 is 0 Å². The molecule has 0 aliphatic carbocycles. The Bertz CT molecular complexity index is 1090. The van der Waals surface area contributed by atoms with E-state index in [2.05, 4.69) is 3.63 Å². The molecular formula is C17H14O5S2. The van der Waals surface area contributed by atoms with E-state index in [1.807, 2.05) is 0 Å². The first kappa shape index (κ1) is 16.6. The minimum absolute atomic E-state index is 0.184. The normalized spacial score (nSPS) is 12.4. The highest BCUT2D eigenvalue weighted by atomic mass is 32.3. The van der Waals surface area contributed by atoms with Gasteiger partial charge in [-0.25, -0.2) is 0 Å². The second-order valence-electron chi connectivity index (χ2n) is 5.27. The quantitative estimate of drug-likeness (QED) is 0.712. The Hall–Kier alpha value is -2.22. The van der Waals surface area contributed by atoms with Gasteiger partial charge in [-0.3, -0.25) is 0 Å². The van der Waals surface area contributed by atoms with E-state index in [4.69, 9.17) is 0 Å².